The van der Waals surface area contributed by atoms with Crippen molar-refractivity contribution in [1.29, 1.82) is 0 Å². The lowest BCUT2D eigenvalue weighted by Crippen LogP contribution is -2.43. The van der Waals surface area contributed by atoms with Gasteiger partial charge in [0.25, 0.3) is 5.91 Å². The third-order valence-electron chi connectivity index (χ3n) is 4.31. The van der Waals surface area contributed by atoms with Crippen molar-refractivity contribution in [3.05, 3.63) is 21.9 Å². The molecule has 0 spiro atoms. The number of nitrogens with one attached hydrogen (secondary N) is 1. The molecule has 2 aliphatic heterocycles. The normalized spacial score (nSPS) is 25.8. The van der Waals surface area contributed by atoms with Crippen LogP contribution >= 0.6 is 23.7 Å². The van der Waals surface area contributed by atoms with E-state index in [4.69, 9.17) is 0 Å². The van der Waals surface area contributed by atoms with Crippen molar-refractivity contribution in [2.45, 2.75) is 19.8 Å². The second-order valence-corrected chi connectivity index (χ2v) is 6.26. The monoisotopic (exact) mass is 300 g/mol. The standard InChI is InChI=1S/C14H20N2OS.ClH/c1-2-10-4-6-18-13(10)14(17)16-5-3-11-7-15-8-12(11)9-16;/h4,6,11-12,15H,2-3,5,7-9H2,1H3;1H. The maximum absolute atomic E-state index is 12.5. The van der Waals surface area contributed by atoms with Crippen molar-refractivity contribution in [2.24, 2.45) is 11.8 Å². The van der Waals surface area contributed by atoms with Gasteiger partial charge in [-0.2, -0.15) is 0 Å². The second kappa shape index (κ2) is 6.25. The van der Waals surface area contributed by atoms with E-state index in [0.29, 0.717) is 5.92 Å². The molecule has 2 unspecified atom stereocenters. The molecule has 1 aromatic heterocycles. The molecule has 2 aliphatic rings. The van der Waals surface area contributed by atoms with Gasteiger partial charge in [0.1, 0.15) is 0 Å². The maximum Gasteiger partial charge on any atom is 0.264 e. The molecular formula is C14H21ClN2OS. The maximum atomic E-state index is 12.5. The van der Waals surface area contributed by atoms with E-state index in [-0.39, 0.29) is 18.3 Å². The number of hydrogen-bond acceptors (Lipinski definition) is 3. The molecule has 2 atom stereocenters. The lowest BCUT2D eigenvalue weighted by atomic mass is 9.88. The summed E-state index contributed by atoms with van der Waals surface area (Å²) in [5.74, 6) is 1.72. The number of nitrogens with zero attached hydrogens (tertiary/aromatic N) is 1. The minimum absolute atomic E-state index is 0. The van der Waals surface area contributed by atoms with Crippen LogP contribution in [-0.4, -0.2) is 37.0 Å². The summed E-state index contributed by atoms with van der Waals surface area (Å²) in [5, 5.41) is 5.48. The van der Waals surface area contributed by atoms with Gasteiger partial charge in [0.2, 0.25) is 0 Å². The molecule has 0 radical (unpaired) electrons. The summed E-state index contributed by atoms with van der Waals surface area (Å²) in [7, 11) is 0. The minimum Gasteiger partial charge on any atom is -0.338 e. The number of piperidine rings is 1. The Kier molecular flexibility index (Phi) is 4.87. The van der Waals surface area contributed by atoms with Crippen molar-refractivity contribution < 1.29 is 4.79 Å². The predicted octanol–water partition coefficient (Wildman–Crippen LogP) is 2.41. The van der Waals surface area contributed by atoms with Crippen LogP contribution in [0.1, 0.15) is 28.6 Å². The molecule has 3 heterocycles. The van der Waals surface area contributed by atoms with Gasteiger partial charge in [-0.15, -0.1) is 23.7 Å². The first-order chi connectivity index (χ1) is 8.79. The molecule has 5 heteroatoms. The number of carbonyl (C=O) groups excluding carboxylic acids is 1. The van der Waals surface area contributed by atoms with Gasteiger partial charge < -0.3 is 10.2 Å². The van der Waals surface area contributed by atoms with E-state index < -0.39 is 0 Å². The van der Waals surface area contributed by atoms with Crippen molar-refractivity contribution >= 4 is 29.7 Å². The Bertz CT molecular complexity index is 448. The third-order valence-corrected chi connectivity index (χ3v) is 5.26. The number of carbonyl (C=O) groups is 1. The molecular weight excluding hydrogens is 280 g/mol. The number of rotatable bonds is 2. The van der Waals surface area contributed by atoms with E-state index in [2.05, 4.69) is 23.2 Å². The SMILES string of the molecule is CCc1ccsc1C(=O)N1CCC2CNCC2C1.Cl. The molecule has 1 aromatic rings. The highest BCUT2D eigenvalue weighted by Crippen LogP contribution is 2.28. The lowest BCUT2D eigenvalue weighted by molar-refractivity contribution is 0.0646. The summed E-state index contributed by atoms with van der Waals surface area (Å²) in [5.41, 5.74) is 1.21. The van der Waals surface area contributed by atoms with Crippen LogP contribution in [0.2, 0.25) is 0 Å². The van der Waals surface area contributed by atoms with Crippen molar-refractivity contribution in [3.8, 4) is 0 Å². The summed E-state index contributed by atoms with van der Waals surface area (Å²) in [6.45, 7) is 6.22. The molecule has 2 saturated heterocycles. The number of halogens is 1. The quantitative estimate of drug-likeness (QED) is 0.910. The van der Waals surface area contributed by atoms with Gasteiger partial charge in [-0.25, -0.2) is 0 Å². The topological polar surface area (TPSA) is 32.3 Å². The van der Waals surface area contributed by atoms with Gasteiger partial charge in [-0.1, -0.05) is 6.92 Å². The van der Waals surface area contributed by atoms with Crippen LogP contribution in [0.3, 0.4) is 0 Å². The zero-order valence-electron chi connectivity index (χ0n) is 11.2. The Morgan fingerprint density at radius 2 is 2.26 bits per heavy atom. The Balaban J connectivity index is 0.00000133. The van der Waals surface area contributed by atoms with Crippen molar-refractivity contribution in [2.75, 3.05) is 26.2 Å². The Labute approximate surface area is 124 Å². The van der Waals surface area contributed by atoms with Crippen LogP contribution in [0.15, 0.2) is 11.4 Å². The summed E-state index contributed by atoms with van der Waals surface area (Å²) in [6.07, 6.45) is 2.11. The zero-order chi connectivity index (χ0) is 12.5. The minimum atomic E-state index is 0. The Hall–Kier alpha value is -0.580. The van der Waals surface area contributed by atoms with Gasteiger partial charge in [-0.05, 0) is 54.8 Å². The van der Waals surface area contributed by atoms with E-state index in [0.717, 1.165) is 49.8 Å². The van der Waals surface area contributed by atoms with Crippen LogP contribution in [0, 0.1) is 11.8 Å². The number of likely N-dealkylation sites (tertiary alicyclic amines) is 1. The molecule has 3 nitrogen and oxygen atoms in total. The molecule has 0 aliphatic carbocycles. The second-order valence-electron chi connectivity index (χ2n) is 5.35. The van der Waals surface area contributed by atoms with E-state index in [1.165, 1.54) is 5.56 Å². The van der Waals surface area contributed by atoms with E-state index in [1.807, 2.05) is 5.38 Å². The zero-order valence-corrected chi connectivity index (χ0v) is 12.9. The molecule has 106 valence electrons. The van der Waals surface area contributed by atoms with Crippen LogP contribution < -0.4 is 5.32 Å². The molecule has 2 fully saturated rings. The summed E-state index contributed by atoms with van der Waals surface area (Å²) in [6, 6.07) is 2.09. The molecule has 1 amide bonds. The fourth-order valence-corrected chi connectivity index (χ4v) is 4.13. The molecule has 0 saturated carbocycles. The number of thiophene rings is 1. The number of fused-ring (bicyclic) bond motifs is 1. The molecule has 0 aromatic carbocycles. The van der Waals surface area contributed by atoms with E-state index in [9.17, 15) is 4.79 Å². The Morgan fingerprint density at radius 3 is 3.05 bits per heavy atom. The van der Waals surface area contributed by atoms with Crippen LogP contribution in [0.4, 0.5) is 0 Å². The first kappa shape index (κ1) is 14.8. The first-order valence-corrected chi connectivity index (χ1v) is 7.74. The van der Waals surface area contributed by atoms with Gasteiger partial charge in [0.15, 0.2) is 0 Å². The molecule has 0 bridgehead atoms. The number of amides is 1. The highest BCUT2D eigenvalue weighted by molar-refractivity contribution is 7.12. The number of hydrogen-bond donors (Lipinski definition) is 1. The van der Waals surface area contributed by atoms with Crippen LogP contribution in [0.25, 0.3) is 0 Å². The van der Waals surface area contributed by atoms with Crippen LogP contribution in [0.5, 0.6) is 0 Å². The van der Waals surface area contributed by atoms with E-state index >= 15 is 0 Å². The van der Waals surface area contributed by atoms with Gasteiger partial charge in [0.05, 0.1) is 4.88 Å². The summed E-state index contributed by atoms with van der Waals surface area (Å²) < 4.78 is 0. The van der Waals surface area contributed by atoms with Gasteiger partial charge >= 0.3 is 0 Å². The average molecular weight is 301 g/mol. The Morgan fingerprint density at radius 1 is 1.47 bits per heavy atom. The first-order valence-electron chi connectivity index (χ1n) is 6.86. The highest BCUT2D eigenvalue weighted by Gasteiger charge is 2.35. The molecule has 1 N–H and O–H groups in total. The van der Waals surface area contributed by atoms with Crippen LogP contribution in [-0.2, 0) is 6.42 Å². The largest absolute Gasteiger partial charge is 0.338 e. The summed E-state index contributed by atoms with van der Waals surface area (Å²) >= 11 is 1.59. The van der Waals surface area contributed by atoms with E-state index in [1.54, 1.807) is 11.3 Å². The fraction of sp³-hybridized carbons (Fsp3) is 0.643. The third kappa shape index (κ3) is 2.81. The predicted molar refractivity (Wildman–Crippen MR) is 81.3 cm³/mol. The highest BCUT2D eigenvalue weighted by atomic mass is 35.5. The van der Waals surface area contributed by atoms with Crippen molar-refractivity contribution in [3.63, 3.8) is 0 Å². The average Bonchev–Trinajstić information content (AvgIpc) is 3.05. The van der Waals surface area contributed by atoms with Gasteiger partial charge in [0, 0.05) is 13.1 Å². The summed E-state index contributed by atoms with van der Waals surface area (Å²) in [4.78, 5) is 15.6. The van der Waals surface area contributed by atoms with Gasteiger partial charge in [-0.3, -0.25) is 4.79 Å². The molecule has 19 heavy (non-hydrogen) atoms. The molecule has 3 rings (SSSR count). The smallest absolute Gasteiger partial charge is 0.264 e. The van der Waals surface area contributed by atoms with Crippen molar-refractivity contribution in [1.82, 2.24) is 10.2 Å². The fourth-order valence-electron chi connectivity index (χ4n) is 3.16. The lowest BCUT2D eigenvalue weighted by Gasteiger charge is -2.34. The number of aryl methyl sites for hydroxylation is 1.